The van der Waals surface area contributed by atoms with E-state index < -0.39 is 0 Å². The van der Waals surface area contributed by atoms with Crippen LogP contribution in [0.5, 0.6) is 11.5 Å². The number of ether oxygens (including phenoxy) is 2. The Hall–Kier alpha value is -2.54. The molecule has 0 aliphatic carbocycles. The highest BCUT2D eigenvalue weighted by Crippen LogP contribution is 2.27. The molecule has 0 aliphatic rings. The zero-order valence-corrected chi connectivity index (χ0v) is 14.4. The Balaban J connectivity index is 1.77. The normalized spacial score (nSPS) is 10.1. The summed E-state index contributed by atoms with van der Waals surface area (Å²) in [4.78, 5) is 24.9. The van der Waals surface area contributed by atoms with Gasteiger partial charge in [0.05, 0.1) is 20.8 Å². The summed E-state index contributed by atoms with van der Waals surface area (Å²) in [5.74, 6) is 0.680. The van der Waals surface area contributed by atoms with Crippen LogP contribution in [0.2, 0.25) is 0 Å². The number of carbonyl (C=O) groups is 2. The summed E-state index contributed by atoms with van der Waals surface area (Å²) >= 11 is 1.59. The molecule has 0 unspecified atom stereocenters. The van der Waals surface area contributed by atoms with E-state index in [4.69, 9.17) is 9.47 Å². The van der Waals surface area contributed by atoms with Gasteiger partial charge in [0, 0.05) is 23.4 Å². The van der Waals surface area contributed by atoms with Crippen LogP contribution >= 0.6 is 11.3 Å². The van der Waals surface area contributed by atoms with Gasteiger partial charge in [-0.05, 0) is 29.6 Å². The number of rotatable bonds is 8. The standard InChI is InChI=1S/C17H20N2O4S/c1-22-14-6-5-12(10-15(14)23-2)17(21)18-8-7-16(20)19-11-13-4-3-9-24-13/h3-6,9-10H,7-8,11H2,1-2H3,(H,18,21)(H,19,20). The van der Waals surface area contributed by atoms with Gasteiger partial charge in [0.2, 0.25) is 5.91 Å². The lowest BCUT2D eigenvalue weighted by Crippen LogP contribution is -2.30. The molecule has 24 heavy (non-hydrogen) atoms. The number of hydrogen-bond acceptors (Lipinski definition) is 5. The van der Waals surface area contributed by atoms with E-state index in [0.717, 1.165) is 4.88 Å². The van der Waals surface area contributed by atoms with E-state index in [9.17, 15) is 9.59 Å². The fourth-order valence-corrected chi connectivity index (χ4v) is 2.70. The van der Waals surface area contributed by atoms with Crippen LogP contribution in [-0.4, -0.2) is 32.6 Å². The third-order valence-electron chi connectivity index (χ3n) is 3.32. The van der Waals surface area contributed by atoms with Crippen LogP contribution < -0.4 is 20.1 Å². The minimum absolute atomic E-state index is 0.101. The maximum Gasteiger partial charge on any atom is 0.251 e. The Kier molecular flexibility index (Phi) is 6.62. The lowest BCUT2D eigenvalue weighted by molar-refractivity contribution is -0.121. The molecule has 128 valence electrons. The molecule has 7 heteroatoms. The number of hydrogen-bond donors (Lipinski definition) is 2. The minimum atomic E-state index is -0.262. The monoisotopic (exact) mass is 348 g/mol. The van der Waals surface area contributed by atoms with Gasteiger partial charge in [-0.25, -0.2) is 0 Å². The van der Waals surface area contributed by atoms with Gasteiger partial charge in [0.15, 0.2) is 11.5 Å². The molecule has 0 bridgehead atoms. The Morgan fingerprint density at radius 2 is 1.88 bits per heavy atom. The zero-order valence-electron chi connectivity index (χ0n) is 13.6. The van der Waals surface area contributed by atoms with Crippen molar-refractivity contribution in [1.82, 2.24) is 10.6 Å². The van der Waals surface area contributed by atoms with Crippen LogP contribution in [0.15, 0.2) is 35.7 Å². The first-order valence-electron chi connectivity index (χ1n) is 7.43. The van der Waals surface area contributed by atoms with Crippen molar-refractivity contribution in [2.24, 2.45) is 0 Å². The lowest BCUT2D eigenvalue weighted by atomic mass is 10.2. The molecule has 0 fully saturated rings. The largest absolute Gasteiger partial charge is 0.493 e. The summed E-state index contributed by atoms with van der Waals surface area (Å²) < 4.78 is 10.3. The van der Waals surface area contributed by atoms with Crippen LogP contribution in [0.3, 0.4) is 0 Å². The van der Waals surface area contributed by atoms with Crippen molar-refractivity contribution < 1.29 is 19.1 Å². The number of benzene rings is 1. The van der Waals surface area contributed by atoms with Crippen molar-refractivity contribution in [2.75, 3.05) is 20.8 Å². The summed E-state index contributed by atoms with van der Waals surface area (Å²) in [5.41, 5.74) is 0.451. The molecule has 1 aromatic heterocycles. The average Bonchev–Trinajstić information content (AvgIpc) is 3.12. The maximum atomic E-state index is 12.1. The van der Waals surface area contributed by atoms with Crippen molar-refractivity contribution >= 4 is 23.2 Å². The molecule has 1 heterocycles. The molecule has 0 aliphatic heterocycles. The molecule has 2 N–H and O–H groups in total. The van der Waals surface area contributed by atoms with E-state index >= 15 is 0 Å². The quantitative estimate of drug-likeness (QED) is 0.767. The van der Waals surface area contributed by atoms with E-state index in [1.165, 1.54) is 14.2 Å². The van der Waals surface area contributed by atoms with Gasteiger partial charge in [0.1, 0.15) is 0 Å². The second-order valence-electron chi connectivity index (χ2n) is 4.93. The summed E-state index contributed by atoms with van der Waals surface area (Å²) in [7, 11) is 3.05. The van der Waals surface area contributed by atoms with Crippen LogP contribution in [0, 0.1) is 0 Å². The topological polar surface area (TPSA) is 76.7 Å². The molecule has 0 radical (unpaired) electrons. The Bertz CT molecular complexity index is 686. The van der Waals surface area contributed by atoms with E-state index in [1.54, 1.807) is 29.5 Å². The smallest absolute Gasteiger partial charge is 0.251 e. The van der Waals surface area contributed by atoms with Gasteiger partial charge < -0.3 is 20.1 Å². The number of carbonyl (C=O) groups excluding carboxylic acids is 2. The first-order valence-corrected chi connectivity index (χ1v) is 8.31. The van der Waals surface area contributed by atoms with Gasteiger partial charge in [-0.2, -0.15) is 0 Å². The molecule has 1 aromatic carbocycles. The van der Waals surface area contributed by atoms with Gasteiger partial charge in [-0.1, -0.05) is 6.07 Å². The van der Waals surface area contributed by atoms with E-state index in [1.807, 2.05) is 17.5 Å². The Morgan fingerprint density at radius 1 is 1.08 bits per heavy atom. The number of thiophene rings is 1. The van der Waals surface area contributed by atoms with Crippen LogP contribution in [0.1, 0.15) is 21.7 Å². The van der Waals surface area contributed by atoms with Crippen molar-refractivity contribution in [2.45, 2.75) is 13.0 Å². The predicted molar refractivity (Wildman–Crippen MR) is 92.7 cm³/mol. The van der Waals surface area contributed by atoms with E-state index in [2.05, 4.69) is 10.6 Å². The number of methoxy groups -OCH3 is 2. The fourth-order valence-electron chi connectivity index (χ4n) is 2.06. The molecule has 0 saturated carbocycles. The molecule has 0 spiro atoms. The van der Waals surface area contributed by atoms with Crippen molar-refractivity contribution in [3.05, 3.63) is 46.2 Å². The van der Waals surface area contributed by atoms with Crippen molar-refractivity contribution in [3.63, 3.8) is 0 Å². The third kappa shape index (κ3) is 4.99. The first kappa shape index (κ1) is 17.8. The molecule has 2 aromatic rings. The molecule has 2 amide bonds. The highest BCUT2D eigenvalue weighted by Gasteiger charge is 2.11. The van der Waals surface area contributed by atoms with Gasteiger partial charge >= 0.3 is 0 Å². The Morgan fingerprint density at radius 3 is 2.54 bits per heavy atom. The molecular formula is C17H20N2O4S. The van der Waals surface area contributed by atoms with E-state index in [0.29, 0.717) is 23.6 Å². The van der Waals surface area contributed by atoms with Crippen molar-refractivity contribution in [3.8, 4) is 11.5 Å². The molecular weight excluding hydrogens is 328 g/mol. The van der Waals surface area contributed by atoms with Gasteiger partial charge in [-0.15, -0.1) is 11.3 Å². The molecule has 0 saturated heterocycles. The first-order chi connectivity index (χ1) is 11.6. The number of amides is 2. The summed E-state index contributed by atoms with van der Waals surface area (Å²) in [6.07, 6.45) is 0.227. The van der Waals surface area contributed by atoms with Crippen LogP contribution in [-0.2, 0) is 11.3 Å². The fraction of sp³-hybridized carbons (Fsp3) is 0.294. The SMILES string of the molecule is COc1ccc(C(=O)NCCC(=O)NCc2cccs2)cc1OC. The Labute approximate surface area is 144 Å². The zero-order chi connectivity index (χ0) is 17.4. The maximum absolute atomic E-state index is 12.1. The highest BCUT2D eigenvalue weighted by atomic mass is 32.1. The van der Waals surface area contributed by atoms with Crippen LogP contribution in [0.25, 0.3) is 0 Å². The lowest BCUT2D eigenvalue weighted by Gasteiger charge is -2.10. The second-order valence-corrected chi connectivity index (χ2v) is 5.96. The van der Waals surface area contributed by atoms with Crippen LogP contribution in [0.4, 0.5) is 0 Å². The molecule has 6 nitrogen and oxygen atoms in total. The summed E-state index contributed by atoms with van der Waals surface area (Å²) in [6.45, 7) is 0.781. The summed E-state index contributed by atoms with van der Waals surface area (Å²) in [6, 6.07) is 8.82. The van der Waals surface area contributed by atoms with Crippen molar-refractivity contribution in [1.29, 1.82) is 0 Å². The van der Waals surface area contributed by atoms with E-state index in [-0.39, 0.29) is 24.8 Å². The van der Waals surface area contributed by atoms with Gasteiger partial charge in [0.25, 0.3) is 5.91 Å². The summed E-state index contributed by atoms with van der Waals surface area (Å²) in [5, 5.41) is 7.50. The average molecular weight is 348 g/mol. The minimum Gasteiger partial charge on any atom is -0.493 e. The second kappa shape index (κ2) is 8.93. The van der Waals surface area contributed by atoms with Gasteiger partial charge in [-0.3, -0.25) is 9.59 Å². The highest BCUT2D eigenvalue weighted by molar-refractivity contribution is 7.09. The third-order valence-corrected chi connectivity index (χ3v) is 4.20. The predicted octanol–water partition coefficient (Wildman–Crippen LogP) is 2.20. The molecule has 0 atom stereocenters. The number of nitrogens with one attached hydrogen (secondary N) is 2. The molecule has 2 rings (SSSR count).